The van der Waals surface area contributed by atoms with Crippen LogP contribution in [0.3, 0.4) is 0 Å². The zero-order chi connectivity index (χ0) is 11.8. The maximum Gasteiger partial charge on any atom is 0.225 e. The van der Waals surface area contributed by atoms with Gasteiger partial charge in [0.05, 0.1) is 0 Å². The third-order valence-electron chi connectivity index (χ3n) is 2.36. The first kappa shape index (κ1) is 10.5. The van der Waals surface area contributed by atoms with Gasteiger partial charge in [0.2, 0.25) is 5.28 Å². The van der Waals surface area contributed by atoms with Gasteiger partial charge in [0.25, 0.3) is 0 Å². The number of imidazole rings is 1. The van der Waals surface area contributed by atoms with E-state index in [1.165, 1.54) is 0 Å². The molecule has 0 atom stereocenters. The number of nitrogens with zero attached hydrogens (tertiary/aromatic N) is 4. The van der Waals surface area contributed by atoms with Crippen LogP contribution in [0.4, 0.5) is 0 Å². The Morgan fingerprint density at radius 3 is 2.53 bits per heavy atom. The molecule has 6 heteroatoms. The summed E-state index contributed by atoms with van der Waals surface area (Å²) < 4.78 is 1.81. The van der Waals surface area contributed by atoms with E-state index in [1.54, 1.807) is 6.33 Å². The van der Waals surface area contributed by atoms with Gasteiger partial charge in [0, 0.05) is 5.69 Å². The van der Waals surface area contributed by atoms with E-state index in [0.717, 1.165) is 5.69 Å². The summed E-state index contributed by atoms with van der Waals surface area (Å²) in [6, 6.07) is 9.71. The van der Waals surface area contributed by atoms with Crippen molar-refractivity contribution in [2.24, 2.45) is 0 Å². The van der Waals surface area contributed by atoms with E-state index in [4.69, 9.17) is 23.2 Å². The van der Waals surface area contributed by atoms with E-state index in [2.05, 4.69) is 15.0 Å². The Hall–Kier alpha value is -1.65. The molecule has 0 saturated carbocycles. The molecule has 0 aliphatic carbocycles. The maximum absolute atomic E-state index is 5.95. The number of hydrogen-bond acceptors (Lipinski definition) is 3. The van der Waals surface area contributed by atoms with Crippen LogP contribution >= 0.6 is 23.2 Å². The Bertz CT molecular complexity index is 679. The molecule has 0 amide bonds. The highest BCUT2D eigenvalue weighted by molar-refractivity contribution is 6.35. The number of para-hydroxylation sites is 1. The van der Waals surface area contributed by atoms with Crippen molar-refractivity contribution in [3.8, 4) is 5.69 Å². The summed E-state index contributed by atoms with van der Waals surface area (Å²) >= 11 is 11.7. The van der Waals surface area contributed by atoms with Gasteiger partial charge in [0.15, 0.2) is 10.8 Å². The van der Waals surface area contributed by atoms with Crippen molar-refractivity contribution >= 4 is 34.4 Å². The monoisotopic (exact) mass is 264 g/mol. The Balaban J connectivity index is 2.32. The van der Waals surface area contributed by atoms with Crippen molar-refractivity contribution < 1.29 is 0 Å². The number of rotatable bonds is 1. The van der Waals surface area contributed by atoms with Crippen LogP contribution in [0.1, 0.15) is 0 Å². The van der Waals surface area contributed by atoms with Crippen LogP contribution in [0.2, 0.25) is 10.4 Å². The van der Waals surface area contributed by atoms with Crippen molar-refractivity contribution in [1.29, 1.82) is 0 Å². The maximum atomic E-state index is 5.95. The second kappa shape index (κ2) is 3.98. The fourth-order valence-electron chi connectivity index (χ4n) is 1.62. The molecule has 4 nitrogen and oxygen atoms in total. The van der Waals surface area contributed by atoms with Crippen molar-refractivity contribution in [2.75, 3.05) is 0 Å². The van der Waals surface area contributed by atoms with E-state index < -0.39 is 0 Å². The van der Waals surface area contributed by atoms with E-state index >= 15 is 0 Å². The summed E-state index contributed by atoms with van der Waals surface area (Å²) in [6.07, 6.45) is 1.65. The fourth-order valence-corrected chi connectivity index (χ4v) is 2.04. The summed E-state index contributed by atoms with van der Waals surface area (Å²) in [5, 5.41) is 0.370. The van der Waals surface area contributed by atoms with Crippen molar-refractivity contribution in [2.45, 2.75) is 0 Å². The molecule has 0 aliphatic rings. The van der Waals surface area contributed by atoms with Gasteiger partial charge in [-0.05, 0) is 23.7 Å². The van der Waals surface area contributed by atoms with Gasteiger partial charge < -0.3 is 0 Å². The van der Waals surface area contributed by atoms with Crippen LogP contribution in [0, 0.1) is 0 Å². The molecule has 17 heavy (non-hydrogen) atoms. The van der Waals surface area contributed by atoms with Crippen LogP contribution in [0.25, 0.3) is 16.9 Å². The van der Waals surface area contributed by atoms with Crippen LogP contribution in [0.15, 0.2) is 36.7 Å². The lowest BCUT2D eigenvalue weighted by Gasteiger charge is -2.02. The van der Waals surface area contributed by atoms with Crippen molar-refractivity contribution in [3.63, 3.8) is 0 Å². The average molecular weight is 265 g/mol. The number of fused-ring (bicyclic) bond motifs is 1. The first-order valence-corrected chi connectivity index (χ1v) is 5.63. The quantitative estimate of drug-likeness (QED) is 0.501. The van der Waals surface area contributed by atoms with Crippen molar-refractivity contribution in [1.82, 2.24) is 19.5 Å². The summed E-state index contributed by atoms with van der Waals surface area (Å²) in [7, 11) is 0. The summed E-state index contributed by atoms with van der Waals surface area (Å²) in [5.41, 5.74) is 2.09. The highest BCUT2D eigenvalue weighted by Crippen LogP contribution is 2.22. The molecule has 2 heterocycles. The first-order chi connectivity index (χ1) is 8.25. The van der Waals surface area contributed by atoms with Crippen LogP contribution in [-0.4, -0.2) is 19.5 Å². The lowest BCUT2D eigenvalue weighted by molar-refractivity contribution is 1.06. The minimum absolute atomic E-state index is 0.111. The van der Waals surface area contributed by atoms with E-state index in [9.17, 15) is 0 Å². The molecular formula is C11H6Cl2N4. The predicted molar refractivity (Wildman–Crippen MR) is 66.7 cm³/mol. The lowest BCUT2D eigenvalue weighted by Crippen LogP contribution is -1.94. The van der Waals surface area contributed by atoms with Gasteiger partial charge >= 0.3 is 0 Å². The lowest BCUT2D eigenvalue weighted by atomic mass is 10.3. The number of halogens is 2. The molecule has 0 unspecified atom stereocenters. The second-order valence-corrected chi connectivity index (χ2v) is 4.10. The van der Waals surface area contributed by atoms with Gasteiger partial charge in [-0.15, -0.1) is 0 Å². The molecule has 0 saturated heterocycles. The molecule has 0 radical (unpaired) electrons. The SMILES string of the molecule is Clc1nc(Cl)c2ncn(-c3ccccc3)c2n1. The molecule has 84 valence electrons. The summed E-state index contributed by atoms with van der Waals surface area (Å²) in [6.45, 7) is 0. The van der Waals surface area contributed by atoms with Gasteiger partial charge in [-0.3, -0.25) is 4.57 Å². The first-order valence-electron chi connectivity index (χ1n) is 4.87. The summed E-state index contributed by atoms with van der Waals surface area (Å²) in [5.74, 6) is 0. The standard InChI is InChI=1S/C11H6Cl2N4/c12-9-8-10(16-11(13)15-9)17(6-14-8)7-4-2-1-3-5-7/h1-6H. The molecular weight excluding hydrogens is 259 g/mol. The zero-order valence-corrected chi connectivity index (χ0v) is 10.0. The highest BCUT2D eigenvalue weighted by Gasteiger charge is 2.11. The van der Waals surface area contributed by atoms with Gasteiger partial charge in [0.1, 0.15) is 11.8 Å². The molecule has 0 N–H and O–H groups in total. The Morgan fingerprint density at radius 1 is 1.00 bits per heavy atom. The minimum atomic E-state index is 0.111. The number of benzene rings is 1. The van der Waals surface area contributed by atoms with Gasteiger partial charge in [-0.25, -0.2) is 9.97 Å². The minimum Gasteiger partial charge on any atom is -0.283 e. The van der Waals surface area contributed by atoms with Gasteiger partial charge in [-0.2, -0.15) is 4.98 Å². The van der Waals surface area contributed by atoms with Crippen LogP contribution < -0.4 is 0 Å². The fraction of sp³-hybridized carbons (Fsp3) is 0. The van der Waals surface area contributed by atoms with Crippen LogP contribution in [-0.2, 0) is 0 Å². The van der Waals surface area contributed by atoms with E-state index in [0.29, 0.717) is 11.2 Å². The summed E-state index contributed by atoms with van der Waals surface area (Å²) in [4.78, 5) is 12.2. The topological polar surface area (TPSA) is 43.6 Å². The molecule has 0 fully saturated rings. The smallest absolute Gasteiger partial charge is 0.225 e. The van der Waals surface area contributed by atoms with Crippen LogP contribution in [0.5, 0.6) is 0 Å². The Kier molecular flexibility index (Phi) is 2.46. The zero-order valence-electron chi connectivity index (χ0n) is 8.51. The molecule has 3 rings (SSSR count). The highest BCUT2D eigenvalue weighted by atomic mass is 35.5. The molecule has 0 bridgehead atoms. The Labute approximate surface area is 107 Å². The molecule has 0 spiro atoms. The predicted octanol–water partition coefficient (Wildman–Crippen LogP) is 3.12. The molecule has 2 aromatic heterocycles. The van der Waals surface area contributed by atoms with Gasteiger partial charge in [-0.1, -0.05) is 29.8 Å². The Morgan fingerprint density at radius 2 is 1.76 bits per heavy atom. The number of aromatic nitrogens is 4. The number of hydrogen-bond donors (Lipinski definition) is 0. The molecule has 1 aromatic carbocycles. The molecule has 3 aromatic rings. The third kappa shape index (κ3) is 1.75. The largest absolute Gasteiger partial charge is 0.283 e. The average Bonchev–Trinajstić information content (AvgIpc) is 2.74. The van der Waals surface area contributed by atoms with E-state index in [-0.39, 0.29) is 10.4 Å². The normalized spacial score (nSPS) is 10.9. The van der Waals surface area contributed by atoms with E-state index in [1.807, 2.05) is 34.9 Å². The third-order valence-corrected chi connectivity index (χ3v) is 2.79. The van der Waals surface area contributed by atoms with Crippen molar-refractivity contribution in [3.05, 3.63) is 47.1 Å². The second-order valence-electron chi connectivity index (χ2n) is 3.41. The molecule has 0 aliphatic heterocycles.